The molecule has 17 heavy (non-hydrogen) atoms. The van der Waals surface area contributed by atoms with E-state index in [1.54, 1.807) is 13.8 Å². The van der Waals surface area contributed by atoms with Crippen LogP contribution in [0.2, 0.25) is 0 Å². The third-order valence-electron chi connectivity index (χ3n) is 2.49. The zero-order valence-electron chi connectivity index (χ0n) is 9.65. The lowest BCUT2D eigenvalue weighted by atomic mass is 9.99. The van der Waals surface area contributed by atoms with E-state index in [0.29, 0.717) is 0 Å². The van der Waals surface area contributed by atoms with Crippen molar-refractivity contribution in [3.8, 4) is 17.2 Å². The molecular formula is C12H14O5. The van der Waals surface area contributed by atoms with Crippen molar-refractivity contribution in [2.45, 2.75) is 26.7 Å². The summed E-state index contributed by atoms with van der Waals surface area (Å²) in [5.74, 6) is -3.05. The minimum atomic E-state index is -0.832. The third-order valence-corrected chi connectivity index (χ3v) is 2.49. The highest BCUT2D eigenvalue weighted by Gasteiger charge is 2.22. The molecule has 0 saturated heterocycles. The van der Waals surface area contributed by atoms with Gasteiger partial charge in [0.2, 0.25) is 5.75 Å². The number of aromatic hydroxyl groups is 3. The maximum Gasteiger partial charge on any atom is 0.201 e. The van der Waals surface area contributed by atoms with Crippen LogP contribution >= 0.6 is 0 Å². The molecule has 0 saturated carbocycles. The van der Waals surface area contributed by atoms with Gasteiger partial charge in [-0.1, -0.05) is 13.8 Å². The van der Waals surface area contributed by atoms with Crippen molar-refractivity contribution in [2.24, 2.45) is 0 Å². The zero-order valence-corrected chi connectivity index (χ0v) is 9.65. The van der Waals surface area contributed by atoms with Crippen molar-refractivity contribution >= 4 is 11.6 Å². The van der Waals surface area contributed by atoms with Gasteiger partial charge in [-0.2, -0.15) is 0 Å². The fourth-order valence-corrected chi connectivity index (χ4v) is 1.45. The molecule has 1 aromatic carbocycles. The number of phenolic OH excluding ortho intramolecular Hbond substituents is 3. The minimum absolute atomic E-state index is 0.123. The van der Waals surface area contributed by atoms with Crippen molar-refractivity contribution in [1.82, 2.24) is 0 Å². The van der Waals surface area contributed by atoms with E-state index in [9.17, 15) is 24.9 Å². The number of carbonyl (C=O) groups excluding carboxylic acids is 2. The molecule has 0 aliphatic heterocycles. The number of rotatable bonds is 4. The fraction of sp³-hybridized carbons (Fsp3) is 0.333. The van der Waals surface area contributed by atoms with E-state index in [-0.39, 0.29) is 24.0 Å². The zero-order chi connectivity index (χ0) is 13.2. The van der Waals surface area contributed by atoms with Crippen molar-refractivity contribution in [3.63, 3.8) is 0 Å². The second-order valence-electron chi connectivity index (χ2n) is 3.57. The quantitative estimate of drug-likeness (QED) is 0.550. The molecule has 0 radical (unpaired) electrons. The highest BCUT2D eigenvalue weighted by Crippen LogP contribution is 2.41. The molecule has 1 rings (SSSR count). The normalized spacial score (nSPS) is 10.2. The van der Waals surface area contributed by atoms with E-state index in [1.165, 1.54) is 0 Å². The number of Topliss-reactive ketones (excluding diaryl/α,β-unsaturated/α-hetero) is 2. The van der Waals surface area contributed by atoms with E-state index in [2.05, 4.69) is 0 Å². The van der Waals surface area contributed by atoms with E-state index in [4.69, 9.17) is 0 Å². The van der Waals surface area contributed by atoms with Gasteiger partial charge in [-0.05, 0) is 6.07 Å². The Kier molecular flexibility index (Phi) is 3.73. The lowest BCUT2D eigenvalue weighted by molar-refractivity contribution is 0.0984. The fourth-order valence-electron chi connectivity index (χ4n) is 1.45. The van der Waals surface area contributed by atoms with Crippen LogP contribution in [0.3, 0.4) is 0 Å². The summed E-state index contributed by atoms with van der Waals surface area (Å²) in [7, 11) is 0. The molecule has 0 atom stereocenters. The Bertz CT molecular complexity index is 436. The first-order chi connectivity index (χ1) is 7.93. The van der Waals surface area contributed by atoms with Crippen LogP contribution in [-0.2, 0) is 0 Å². The van der Waals surface area contributed by atoms with Gasteiger partial charge in [0.1, 0.15) is 0 Å². The largest absolute Gasteiger partial charge is 0.504 e. The van der Waals surface area contributed by atoms with Gasteiger partial charge in [0.15, 0.2) is 23.1 Å². The predicted octanol–water partition coefficient (Wildman–Crippen LogP) is 1.99. The van der Waals surface area contributed by atoms with Crippen LogP contribution in [0.5, 0.6) is 17.2 Å². The number of carbonyl (C=O) groups is 2. The summed E-state index contributed by atoms with van der Waals surface area (Å²) in [5, 5.41) is 28.5. The van der Waals surface area contributed by atoms with Gasteiger partial charge in [-0.3, -0.25) is 9.59 Å². The number of benzene rings is 1. The topological polar surface area (TPSA) is 94.8 Å². The van der Waals surface area contributed by atoms with Crippen molar-refractivity contribution in [2.75, 3.05) is 0 Å². The molecule has 3 N–H and O–H groups in total. The second-order valence-corrected chi connectivity index (χ2v) is 3.57. The van der Waals surface area contributed by atoms with Crippen LogP contribution in [0, 0.1) is 0 Å². The van der Waals surface area contributed by atoms with Crippen molar-refractivity contribution in [3.05, 3.63) is 17.2 Å². The smallest absolute Gasteiger partial charge is 0.201 e. The summed E-state index contributed by atoms with van der Waals surface area (Å²) >= 11 is 0. The highest BCUT2D eigenvalue weighted by molar-refractivity contribution is 6.05. The molecule has 5 heteroatoms. The van der Waals surface area contributed by atoms with Gasteiger partial charge >= 0.3 is 0 Å². The van der Waals surface area contributed by atoms with Gasteiger partial charge in [0, 0.05) is 12.8 Å². The summed E-state index contributed by atoms with van der Waals surface area (Å²) < 4.78 is 0. The monoisotopic (exact) mass is 238 g/mol. The summed E-state index contributed by atoms with van der Waals surface area (Å²) in [6.07, 6.45) is 0.245. The Hall–Kier alpha value is -2.04. The number of hydrogen-bond donors (Lipinski definition) is 3. The Morgan fingerprint density at radius 3 is 1.53 bits per heavy atom. The average molecular weight is 238 g/mol. The van der Waals surface area contributed by atoms with Crippen LogP contribution in [0.15, 0.2) is 6.07 Å². The third kappa shape index (κ3) is 2.22. The number of phenols is 3. The maximum atomic E-state index is 11.5. The molecule has 5 nitrogen and oxygen atoms in total. The second kappa shape index (κ2) is 4.86. The van der Waals surface area contributed by atoms with Crippen LogP contribution in [-0.4, -0.2) is 26.9 Å². The highest BCUT2D eigenvalue weighted by atomic mass is 16.3. The van der Waals surface area contributed by atoms with Crippen molar-refractivity contribution < 1.29 is 24.9 Å². The average Bonchev–Trinajstić information content (AvgIpc) is 2.34. The SMILES string of the molecule is CCC(=O)c1cc(C(=O)CC)c(O)c(O)c1O. The Labute approximate surface area is 98.3 Å². The van der Waals surface area contributed by atoms with Crippen molar-refractivity contribution in [1.29, 1.82) is 0 Å². The molecule has 0 amide bonds. The number of ketones is 2. The van der Waals surface area contributed by atoms with E-state index in [1.807, 2.05) is 0 Å². The molecule has 0 fully saturated rings. The predicted molar refractivity (Wildman–Crippen MR) is 60.7 cm³/mol. The summed E-state index contributed by atoms with van der Waals surface area (Å²) in [6, 6.07) is 1.11. The first kappa shape index (κ1) is 13.0. The molecule has 1 aromatic rings. The van der Waals surface area contributed by atoms with Gasteiger partial charge in [0.05, 0.1) is 11.1 Å². The van der Waals surface area contributed by atoms with Crippen LogP contribution in [0.4, 0.5) is 0 Å². The Balaban J connectivity index is 3.49. The lowest BCUT2D eigenvalue weighted by Crippen LogP contribution is -2.03. The lowest BCUT2D eigenvalue weighted by Gasteiger charge is -2.10. The Morgan fingerprint density at radius 1 is 0.882 bits per heavy atom. The van der Waals surface area contributed by atoms with Gasteiger partial charge in [0.25, 0.3) is 0 Å². The summed E-state index contributed by atoms with van der Waals surface area (Å²) in [4.78, 5) is 23.0. The Morgan fingerprint density at radius 2 is 1.24 bits per heavy atom. The minimum Gasteiger partial charge on any atom is -0.504 e. The standard InChI is InChI=1S/C12H14O5/c1-3-8(13)6-5-7(9(14)4-2)11(16)12(17)10(6)15/h5,15-17H,3-4H2,1-2H3. The van der Waals surface area contributed by atoms with E-state index in [0.717, 1.165) is 6.07 Å². The molecule has 92 valence electrons. The molecule has 0 aromatic heterocycles. The first-order valence-electron chi connectivity index (χ1n) is 5.28. The molecular weight excluding hydrogens is 224 g/mol. The number of hydrogen-bond acceptors (Lipinski definition) is 5. The molecule has 0 aliphatic carbocycles. The molecule has 0 bridgehead atoms. The van der Waals surface area contributed by atoms with Gasteiger partial charge in [-0.25, -0.2) is 0 Å². The molecule has 0 spiro atoms. The summed E-state index contributed by atoms with van der Waals surface area (Å²) in [5.41, 5.74) is -0.306. The first-order valence-corrected chi connectivity index (χ1v) is 5.28. The van der Waals surface area contributed by atoms with Gasteiger partial charge in [-0.15, -0.1) is 0 Å². The van der Waals surface area contributed by atoms with E-state index < -0.39 is 28.8 Å². The van der Waals surface area contributed by atoms with Crippen LogP contribution in [0.25, 0.3) is 0 Å². The van der Waals surface area contributed by atoms with Crippen LogP contribution in [0.1, 0.15) is 47.4 Å². The molecule has 0 unspecified atom stereocenters. The molecule has 0 heterocycles. The van der Waals surface area contributed by atoms with E-state index >= 15 is 0 Å². The molecule has 0 aliphatic rings. The maximum absolute atomic E-state index is 11.5. The summed E-state index contributed by atoms with van der Waals surface area (Å²) in [6.45, 7) is 3.18. The van der Waals surface area contributed by atoms with Crippen LogP contribution < -0.4 is 0 Å². The van der Waals surface area contributed by atoms with Gasteiger partial charge < -0.3 is 15.3 Å².